The molecule has 15 heavy (non-hydrogen) atoms. The van der Waals surface area contributed by atoms with E-state index >= 15 is 0 Å². The average Bonchev–Trinajstić information content (AvgIpc) is 2.16. The van der Waals surface area contributed by atoms with Crippen molar-refractivity contribution in [2.75, 3.05) is 0 Å². The second-order valence-corrected chi connectivity index (χ2v) is 4.12. The first-order chi connectivity index (χ1) is 6.93. The van der Waals surface area contributed by atoms with Gasteiger partial charge in [0.1, 0.15) is 0 Å². The minimum atomic E-state index is -0.624. The zero-order valence-electron chi connectivity index (χ0n) is 10.0. The number of nitrogens with two attached hydrogens (primary N) is 1. The lowest BCUT2D eigenvalue weighted by atomic mass is 9.87. The Balaban J connectivity index is 4.70. The first-order valence-electron chi connectivity index (χ1n) is 5.53. The van der Waals surface area contributed by atoms with E-state index in [4.69, 9.17) is 5.73 Å². The highest BCUT2D eigenvalue weighted by atomic mass is 16.2. The summed E-state index contributed by atoms with van der Waals surface area (Å²) in [7, 11) is 0. The number of Topliss-reactive ketones (excluding diaryl/α,β-unsaturated/α-hetero) is 1. The molecule has 0 aliphatic rings. The minimum Gasteiger partial charge on any atom is -0.352 e. The lowest BCUT2D eigenvalue weighted by Gasteiger charge is -2.25. The number of hydrogen-bond donors (Lipinski definition) is 2. The Hall–Kier alpha value is -1.06. The first-order valence-corrected chi connectivity index (χ1v) is 5.53. The Kier molecular flexibility index (Phi) is 5.97. The van der Waals surface area contributed by atoms with Crippen LogP contribution in [0.15, 0.2) is 0 Å². The molecule has 2 amide bonds. The lowest BCUT2D eigenvalue weighted by molar-refractivity contribution is -0.125. The van der Waals surface area contributed by atoms with Crippen molar-refractivity contribution in [3.8, 4) is 0 Å². The number of hydrogen-bond acceptors (Lipinski definition) is 2. The second-order valence-electron chi connectivity index (χ2n) is 4.12. The van der Waals surface area contributed by atoms with Gasteiger partial charge < -0.3 is 11.1 Å². The molecule has 1 atom stereocenters. The normalized spacial score (nSPS) is 12.9. The van der Waals surface area contributed by atoms with Crippen molar-refractivity contribution < 1.29 is 9.59 Å². The zero-order chi connectivity index (χ0) is 12.0. The number of ketones is 1. The van der Waals surface area contributed by atoms with Crippen LogP contribution in [-0.2, 0) is 4.79 Å². The SMILES string of the molecule is CCC(CC)[C@H](NC(N)=O)C(=O)C(C)C. The monoisotopic (exact) mass is 214 g/mol. The van der Waals surface area contributed by atoms with Crippen LogP contribution in [0.2, 0.25) is 0 Å². The van der Waals surface area contributed by atoms with E-state index in [0.29, 0.717) is 0 Å². The largest absolute Gasteiger partial charge is 0.352 e. The molecular weight excluding hydrogens is 192 g/mol. The first kappa shape index (κ1) is 13.9. The molecule has 0 saturated carbocycles. The molecule has 0 saturated heterocycles. The van der Waals surface area contributed by atoms with Crippen molar-refractivity contribution in [2.24, 2.45) is 17.6 Å². The van der Waals surface area contributed by atoms with Crippen LogP contribution in [0.5, 0.6) is 0 Å². The molecule has 4 heteroatoms. The molecule has 0 aromatic carbocycles. The number of primary amides is 1. The van der Waals surface area contributed by atoms with Gasteiger partial charge in [-0.3, -0.25) is 4.79 Å². The van der Waals surface area contributed by atoms with E-state index in [-0.39, 0.29) is 17.6 Å². The molecule has 4 nitrogen and oxygen atoms in total. The fourth-order valence-electron chi connectivity index (χ4n) is 1.69. The number of carbonyl (C=O) groups excluding carboxylic acids is 2. The Morgan fingerprint density at radius 3 is 1.93 bits per heavy atom. The lowest BCUT2D eigenvalue weighted by Crippen LogP contribution is -2.49. The van der Waals surface area contributed by atoms with Crippen molar-refractivity contribution in [3.63, 3.8) is 0 Å². The van der Waals surface area contributed by atoms with E-state index in [9.17, 15) is 9.59 Å². The standard InChI is InChI=1S/C11H22N2O2/c1-5-8(6-2)9(13-11(12)15)10(14)7(3)4/h7-9H,5-6H2,1-4H3,(H3,12,13,15)/t9-/m0/s1. The van der Waals surface area contributed by atoms with Crippen molar-refractivity contribution in [2.45, 2.75) is 46.6 Å². The molecule has 0 aliphatic carbocycles. The van der Waals surface area contributed by atoms with Crippen molar-refractivity contribution in [1.82, 2.24) is 5.32 Å². The van der Waals surface area contributed by atoms with Crippen LogP contribution >= 0.6 is 0 Å². The molecule has 3 N–H and O–H groups in total. The second kappa shape index (κ2) is 6.43. The molecule has 0 fully saturated rings. The Morgan fingerprint density at radius 1 is 1.20 bits per heavy atom. The smallest absolute Gasteiger partial charge is 0.312 e. The van der Waals surface area contributed by atoms with Crippen molar-refractivity contribution in [3.05, 3.63) is 0 Å². The van der Waals surface area contributed by atoms with Gasteiger partial charge in [0.25, 0.3) is 0 Å². The predicted octanol–water partition coefficient (Wildman–Crippen LogP) is 1.68. The van der Waals surface area contributed by atoms with Gasteiger partial charge in [-0.2, -0.15) is 0 Å². The molecule has 88 valence electrons. The third-order valence-corrected chi connectivity index (χ3v) is 2.69. The highest BCUT2D eigenvalue weighted by Crippen LogP contribution is 2.16. The van der Waals surface area contributed by atoms with E-state index in [0.717, 1.165) is 12.8 Å². The summed E-state index contributed by atoms with van der Waals surface area (Å²) in [5, 5.41) is 2.55. The number of rotatable bonds is 6. The summed E-state index contributed by atoms with van der Waals surface area (Å²) in [5.41, 5.74) is 5.08. The third kappa shape index (κ3) is 4.32. The van der Waals surface area contributed by atoms with Crippen LogP contribution in [0.1, 0.15) is 40.5 Å². The maximum atomic E-state index is 11.9. The van der Waals surface area contributed by atoms with Crippen LogP contribution in [0.4, 0.5) is 4.79 Å². The van der Waals surface area contributed by atoms with Gasteiger partial charge in [-0.25, -0.2) is 4.79 Å². The van der Waals surface area contributed by atoms with Gasteiger partial charge in [0.2, 0.25) is 0 Å². The minimum absolute atomic E-state index is 0.0579. The number of carbonyl (C=O) groups is 2. The van der Waals surface area contributed by atoms with E-state index in [1.54, 1.807) is 0 Å². The van der Waals surface area contributed by atoms with Crippen molar-refractivity contribution >= 4 is 11.8 Å². The van der Waals surface area contributed by atoms with Gasteiger partial charge in [0.05, 0.1) is 6.04 Å². The molecular formula is C11H22N2O2. The summed E-state index contributed by atoms with van der Waals surface area (Å²) in [5.74, 6) is 0.150. The Bertz CT molecular complexity index is 223. The van der Waals surface area contributed by atoms with E-state index < -0.39 is 12.1 Å². The summed E-state index contributed by atoms with van der Waals surface area (Å²) < 4.78 is 0. The molecule has 0 bridgehead atoms. The van der Waals surface area contributed by atoms with Crippen LogP contribution in [-0.4, -0.2) is 17.9 Å². The Labute approximate surface area is 91.6 Å². The summed E-state index contributed by atoms with van der Waals surface area (Å²) in [4.78, 5) is 22.7. The number of nitrogens with one attached hydrogen (secondary N) is 1. The van der Waals surface area contributed by atoms with E-state index in [1.807, 2.05) is 27.7 Å². The van der Waals surface area contributed by atoms with Crippen LogP contribution in [0.3, 0.4) is 0 Å². The number of amides is 2. The van der Waals surface area contributed by atoms with E-state index in [1.165, 1.54) is 0 Å². The number of urea groups is 1. The highest BCUT2D eigenvalue weighted by molar-refractivity contribution is 5.89. The third-order valence-electron chi connectivity index (χ3n) is 2.69. The summed E-state index contributed by atoms with van der Waals surface area (Å²) in [6.07, 6.45) is 1.72. The van der Waals surface area contributed by atoms with Crippen LogP contribution < -0.4 is 11.1 Å². The summed E-state index contributed by atoms with van der Waals surface area (Å²) in [6.45, 7) is 7.69. The zero-order valence-corrected chi connectivity index (χ0v) is 10.0. The summed E-state index contributed by atoms with van der Waals surface area (Å²) in [6, 6.07) is -1.06. The molecule has 0 unspecified atom stereocenters. The Morgan fingerprint density at radius 2 is 1.67 bits per heavy atom. The molecule has 0 aromatic heterocycles. The maximum Gasteiger partial charge on any atom is 0.312 e. The predicted molar refractivity (Wildman–Crippen MR) is 60.4 cm³/mol. The fraction of sp³-hybridized carbons (Fsp3) is 0.818. The van der Waals surface area contributed by atoms with Gasteiger partial charge in [-0.15, -0.1) is 0 Å². The molecule has 0 heterocycles. The van der Waals surface area contributed by atoms with Gasteiger partial charge in [-0.1, -0.05) is 40.5 Å². The van der Waals surface area contributed by atoms with E-state index in [2.05, 4.69) is 5.32 Å². The summed E-state index contributed by atoms with van der Waals surface area (Å²) >= 11 is 0. The van der Waals surface area contributed by atoms with Gasteiger partial charge >= 0.3 is 6.03 Å². The molecule has 0 aromatic rings. The fourth-order valence-corrected chi connectivity index (χ4v) is 1.69. The van der Waals surface area contributed by atoms with Crippen molar-refractivity contribution in [1.29, 1.82) is 0 Å². The topological polar surface area (TPSA) is 72.2 Å². The molecule has 0 aliphatic heterocycles. The molecule has 0 radical (unpaired) electrons. The van der Waals surface area contributed by atoms with Gasteiger partial charge in [0, 0.05) is 5.92 Å². The average molecular weight is 214 g/mol. The molecule has 0 rings (SSSR count). The highest BCUT2D eigenvalue weighted by Gasteiger charge is 2.28. The van der Waals surface area contributed by atoms with Gasteiger partial charge in [-0.05, 0) is 5.92 Å². The van der Waals surface area contributed by atoms with Crippen LogP contribution in [0.25, 0.3) is 0 Å². The molecule has 0 spiro atoms. The van der Waals surface area contributed by atoms with Crippen LogP contribution in [0, 0.1) is 11.8 Å². The quantitative estimate of drug-likeness (QED) is 0.706. The maximum absolute atomic E-state index is 11.9. The van der Waals surface area contributed by atoms with Gasteiger partial charge in [0.15, 0.2) is 5.78 Å².